The highest BCUT2D eigenvalue weighted by Crippen LogP contribution is 1.76. The third-order valence-corrected chi connectivity index (χ3v) is 1.82. The van der Waals surface area contributed by atoms with Crippen molar-refractivity contribution in [3.8, 4) is 0 Å². The predicted molar refractivity (Wildman–Crippen MR) is 64.9 cm³/mol. The van der Waals surface area contributed by atoms with Crippen molar-refractivity contribution in [2.45, 2.75) is 19.3 Å². The van der Waals surface area contributed by atoms with Crippen molar-refractivity contribution in [2.75, 3.05) is 39.3 Å². The molecule has 0 aromatic rings. The van der Waals surface area contributed by atoms with Gasteiger partial charge in [0.25, 0.3) is 0 Å². The van der Waals surface area contributed by atoms with Crippen LogP contribution in [0.4, 0.5) is 0 Å². The van der Waals surface area contributed by atoms with Gasteiger partial charge in [-0.2, -0.15) is 0 Å². The van der Waals surface area contributed by atoms with E-state index in [4.69, 9.17) is 11.5 Å². The van der Waals surface area contributed by atoms with Gasteiger partial charge in [0.15, 0.2) is 0 Å². The molecule has 6 N–H and O–H groups in total. The quantitative estimate of drug-likeness (QED) is 0.384. The Morgan fingerprint density at radius 1 is 0.643 bits per heavy atom. The molecule has 0 radical (unpaired) electrons. The van der Waals surface area contributed by atoms with Crippen LogP contribution in [0.3, 0.4) is 0 Å². The van der Waals surface area contributed by atoms with Gasteiger partial charge in [0.1, 0.15) is 0 Å². The van der Waals surface area contributed by atoms with Crippen molar-refractivity contribution >= 4 is 12.4 Å². The van der Waals surface area contributed by atoms with E-state index in [9.17, 15) is 0 Å². The van der Waals surface area contributed by atoms with Gasteiger partial charge in [-0.05, 0) is 58.5 Å². The summed E-state index contributed by atoms with van der Waals surface area (Å²) < 4.78 is 0. The molecular formula is C9H25ClN4. The van der Waals surface area contributed by atoms with E-state index in [1.165, 1.54) is 6.42 Å². The maximum atomic E-state index is 5.36. The second-order valence-corrected chi connectivity index (χ2v) is 3.14. The molecule has 0 fully saturated rings. The lowest BCUT2D eigenvalue weighted by Gasteiger charge is -2.04. The Bertz CT molecular complexity index is 82.9. The molecule has 0 spiro atoms. The fourth-order valence-electron chi connectivity index (χ4n) is 1.04. The van der Waals surface area contributed by atoms with Gasteiger partial charge in [-0.25, -0.2) is 0 Å². The van der Waals surface area contributed by atoms with Crippen molar-refractivity contribution in [2.24, 2.45) is 11.5 Å². The first kappa shape index (κ1) is 16.6. The number of rotatable bonds is 10. The minimum Gasteiger partial charge on any atom is -0.330 e. The Labute approximate surface area is 93.6 Å². The highest BCUT2D eigenvalue weighted by Gasteiger charge is 1.88. The minimum atomic E-state index is 0. The molecule has 0 heterocycles. The van der Waals surface area contributed by atoms with Gasteiger partial charge >= 0.3 is 0 Å². The van der Waals surface area contributed by atoms with Crippen LogP contribution in [0.15, 0.2) is 0 Å². The summed E-state index contributed by atoms with van der Waals surface area (Å²) in [7, 11) is 0. The summed E-state index contributed by atoms with van der Waals surface area (Å²) in [6.07, 6.45) is 3.32. The second kappa shape index (κ2) is 15.6. The Balaban J connectivity index is 0. The molecule has 4 nitrogen and oxygen atoms in total. The van der Waals surface area contributed by atoms with Crippen LogP contribution >= 0.6 is 12.4 Å². The number of halogens is 1. The molecule has 0 aromatic carbocycles. The third kappa shape index (κ3) is 14.6. The zero-order valence-electron chi connectivity index (χ0n) is 8.93. The SMILES string of the molecule is Cl.NCCCNCCCNCCCN. The Kier molecular flexibility index (Phi) is 18.4. The molecule has 0 saturated carbocycles. The standard InChI is InChI=1S/C9H24N4.ClH/c10-4-1-6-12-8-3-9-13-7-2-5-11;/h12-13H,1-11H2;1H. The van der Waals surface area contributed by atoms with E-state index in [1.807, 2.05) is 0 Å². The summed E-state index contributed by atoms with van der Waals surface area (Å²) in [6, 6.07) is 0. The number of hydrogen-bond acceptors (Lipinski definition) is 4. The lowest BCUT2D eigenvalue weighted by atomic mass is 10.3. The van der Waals surface area contributed by atoms with Crippen LogP contribution in [0.5, 0.6) is 0 Å². The lowest BCUT2D eigenvalue weighted by Crippen LogP contribution is -2.25. The number of hydrogen-bond donors (Lipinski definition) is 4. The summed E-state index contributed by atoms with van der Waals surface area (Å²) in [4.78, 5) is 0. The summed E-state index contributed by atoms with van der Waals surface area (Å²) in [6.45, 7) is 5.80. The first-order chi connectivity index (χ1) is 6.41. The lowest BCUT2D eigenvalue weighted by molar-refractivity contribution is 0.579. The van der Waals surface area contributed by atoms with Gasteiger partial charge in [0, 0.05) is 0 Å². The van der Waals surface area contributed by atoms with E-state index in [-0.39, 0.29) is 12.4 Å². The van der Waals surface area contributed by atoms with Gasteiger partial charge in [-0.15, -0.1) is 12.4 Å². The largest absolute Gasteiger partial charge is 0.330 e. The van der Waals surface area contributed by atoms with Gasteiger partial charge in [0.05, 0.1) is 0 Å². The van der Waals surface area contributed by atoms with Gasteiger partial charge in [-0.3, -0.25) is 0 Å². The average molecular weight is 225 g/mol. The van der Waals surface area contributed by atoms with E-state index in [2.05, 4.69) is 10.6 Å². The molecule has 0 bridgehead atoms. The summed E-state index contributed by atoms with van der Waals surface area (Å²) in [5.41, 5.74) is 10.7. The normalized spacial score (nSPS) is 9.86. The van der Waals surface area contributed by atoms with Crippen molar-refractivity contribution < 1.29 is 0 Å². The van der Waals surface area contributed by atoms with Crippen LogP contribution in [-0.2, 0) is 0 Å². The zero-order chi connectivity index (χ0) is 9.78. The smallest absolute Gasteiger partial charge is 0.00368 e. The van der Waals surface area contributed by atoms with Crippen LogP contribution < -0.4 is 22.1 Å². The van der Waals surface area contributed by atoms with Crippen LogP contribution in [0.2, 0.25) is 0 Å². The first-order valence-electron chi connectivity index (χ1n) is 5.23. The summed E-state index contributed by atoms with van der Waals surface area (Å²) >= 11 is 0. The summed E-state index contributed by atoms with van der Waals surface area (Å²) in [5, 5.41) is 6.67. The van der Waals surface area contributed by atoms with E-state index >= 15 is 0 Å². The molecule has 0 aliphatic carbocycles. The van der Waals surface area contributed by atoms with Crippen LogP contribution in [0.1, 0.15) is 19.3 Å². The number of nitrogens with one attached hydrogen (secondary N) is 2. The molecule has 0 unspecified atom stereocenters. The number of nitrogens with two attached hydrogens (primary N) is 2. The molecule has 0 aliphatic rings. The molecule has 0 rings (SSSR count). The maximum absolute atomic E-state index is 5.36. The van der Waals surface area contributed by atoms with Gasteiger partial charge in [0.2, 0.25) is 0 Å². The topological polar surface area (TPSA) is 76.1 Å². The van der Waals surface area contributed by atoms with Crippen LogP contribution in [0.25, 0.3) is 0 Å². The third-order valence-electron chi connectivity index (χ3n) is 1.82. The molecule has 88 valence electrons. The van der Waals surface area contributed by atoms with E-state index in [1.54, 1.807) is 0 Å². The van der Waals surface area contributed by atoms with Crippen LogP contribution in [0, 0.1) is 0 Å². The van der Waals surface area contributed by atoms with E-state index < -0.39 is 0 Å². The zero-order valence-corrected chi connectivity index (χ0v) is 9.74. The minimum absolute atomic E-state index is 0. The van der Waals surface area contributed by atoms with Gasteiger partial charge in [-0.1, -0.05) is 0 Å². The molecule has 14 heavy (non-hydrogen) atoms. The maximum Gasteiger partial charge on any atom is -0.00368 e. The average Bonchev–Trinajstić information content (AvgIpc) is 2.16. The highest BCUT2D eigenvalue weighted by molar-refractivity contribution is 5.85. The first-order valence-corrected chi connectivity index (χ1v) is 5.23. The van der Waals surface area contributed by atoms with E-state index in [0.29, 0.717) is 0 Å². The monoisotopic (exact) mass is 224 g/mol. The molecule has 0 atom stereocenters. The molecule has 0 saturated heterocycles. The fourth-order valence-corrected chi connectivity index (χ4v) is 1.04. The van der Waals surface area contributed by atoms with Crippen molar-refractivity contribution in [1.29, 1.82) is 0 Å². The van der Waals surface area contributed by atoms with Gasteiger partial charge < -0.3 is 22.1 Å². The van der Waals surface area contributed by atoms with Crippen molar-refractivity contribution in [3.63, 3.8) is 0 Å². The molecule has 0 aromatic heterocycles. The summed E-state index contributed by atoms with van der Waals surface area (Å²) in [5.74, 6) is 0. The van der Waals surface area contributed by atoms with Crippen molar-refractivity contribution in [1.82, 2.24) is 10.6 Å². The molecule has 5 heteroatoms. The Hall–Kier alpha value is 0.130. The van der Waals surface area contributed by atoms with E-state index in [0.717, 1.165) is 52.1 Å². The van der Waals surface area contributed by atoms with Crippen LogP contribution in [-0.4, -0.2) is 39.3 Å². The van der Waals surface area contributed by atoms with Crippen molar-refractivity contribution in [3.05, 3.63) is 0 Å². The Morgan fingerprint density at radius 2 is 1.00 bits per heavy atom. The molecule has 0 amide bonds. The highest BCUT2D eigenvalue weighted by atomic mass is 35.5. The predicted octanol–water partition coefficient (Wildman–Crippen LogP) is -0.325. The second-order valence-electron chi connectivity index (χ2n) is 3.14. The molecule has 0 aliphatic heterocycles. The Morgan fingerprint density at radius 3 is 1.36 bits per heavy atom. The fraction of sp³-hybridized carbons (Fsp3) is 1.00. The molecular weight excluding hydrogens is 200 g/mol.